The molecular weight excluding hydrogens is 408 g/mol. The Hall–Kier alpha value is -2.79. The Morgan fingerprint density at radius 1 is 1.38 bits per heavy atom. The van der Waals surface area contributed by atoms with Gasteiger partial charge >= 0.3 is 5.69 Å². The van der Waals surface area contributed by atoms with Crippen LogP contribution >= 0.6 is 15.9 Å². The number of carbonyl (C=O) groups excluding carboxylic acids is 1. The molecule has 138 valence electrons. The fourth-order valence-electron chi connectivity index (χ4n) is 2.22. The van der Waals surface area contributed by atoms with Crippen LogP contribution in [0.15, 0.2) is 35.1 Å². The number of amides is 1. The number of anilines is 2. The van der Waals surface area contributed by atoms with E-state index in [1.165, 1.54) is 0 Å². The summed E-state index contributed by atoms with van der Waals surface area (Å²) >= 11 is 3.27. The molecule has 2 aromatic rings. The highest BCUT2D eigenvalue weighted by atomic mass is 79.9. The van der Waals surface area contributed by atoms with Crippen molar-refractivity contribution in [1.82, 2.24) is 15.4 Å². The molecule has 0 aliphatic carbocycles. The molecule has 0 aliphatic rings. The van der Waals surface area contributed by atoms with Crippen molar-refractivity contribution in [2.45, 2.75) is 6.92 Å². The van der Waals surface area contributed by atoms with E-state index in [0.29, 0.717) is 16.6 Å². The molecule has 0 atom stereocenters. The maximum Gasteiger partial charge on any atom is 0.355 e. The molecule has 0 bridgehead atoms. The molecule has 0 spiro atoms. The number of hydrogen-bond donors (Lipinski definition) is 3. The first-order chi connectivity index (χ1) is 12.5. The largest absolute Gasteiger partial charge is 0.395 e. The van der Waals surface area contributed by atoms with E-state index in [2.05, 4.69) is 36.7 Å². The summed E-state index contributed by atoms with van der Waals surface area (Å²) in [5.74, 6) is -0.592. The molecule has 10 nitrogen and oxygen atoms in total. The predicted octanol–water partition coefficient (Wildman–Crippen LogP) is 1.72. The Morgan fingerprint density at radius 3 is 2.73 bits per heavy atom. The number of carbonyl (C=O) groups is 1. The van der Waals surface area contributed by atoms with E-state index >= 15 is 0 Å². The molecule has 3 N–H and O–H groups in total. The Labute approximate surface area is 157 Å². The van der Waals surface area contributed by atoms with Crippen molar-refractivity contribution in [3.05, 3.63) is 50.7 Å². The van der Waals surface area contributed by atoms with Gasteiger partial charge in [0.05, 0.1) is 17.1 Å². The number of rotatable bonds is 8. The van der Waals surface area contributed by atoms with Gasteiger partial charge < -0.3 is 10.0 Å². The lowest BCUT2D eigenvalue weighted by molar-refractivity contribution is -0.383. The van der Waals surface area contributed by atoms with Gasteiger partial charge in [-0.3, -0.25) is 25.8 Å². The van der Waals surface area contributed by atoms with Gasteiger partial charge in [0.1, 0.15) is 6.33 Å². The Morgan fingerprint density at radius 2 is 2.12 bits per heavy atom. The topological polar surface area (TPSA) is 134 Å². The number of aromatic nitrogens is 2. The van der Waals surface area contributed by atoms with Gasteiger partial charge in [-0.05, 0) is 35.0 Å². The number of hydrogen-bond acceptors (Lipinski definition) is 8. The molecule has 0 aliphatic heterocycles. The smallest absolute Gasteiger partial charge is 0.355 e. The van der Waals surface area contributed by atoms with Crippen molar-refractivity contribution < 1.29 is 14.8 Å². The summed E-state index contributed by atoms with van der Waals surface area (Å²) in [7, 11) is 0. The van der Waals surface area contributed by atoms with Crippen molar-refractivity contribution in [3.63, 3.8) is 0 Å². The van der Waals surface area contributed by atoms with Gasteiger partial charge in [0, 0.05) is 17.6 Å². The van der Waals surface area contributed by atoms with Crippen LogP contribution < -0.4 is 15.8 Å². The molecule has 0 radical (unpaired) electrons. The average Bonchev–Trinajstić information content (AvgIpc) is 2.64. The van der Waals surface area contributed by atoms with Gasteiger partial charge in [-0.15, -0.1) is 0 Å². The van der Waals surface area contributed by atoms with Gasteiger partial charge in [-0.1, -0.05) is 12.1 Å². The molecule has 0 saturated heterocycles. The molecule has 2 rings (SSSR count). The number of halogens is 1. The summed E-state index contributed by atoms with van der Waals surface area (Å²) in [4.78, 5) is 32.5. The van der Waals surface area contributed by atoms with E-state index in [-0.39, 0.29) is 24.8 Å². The van der Waals surface area contributed by atoms with Crippen LogP contribution in [0.1, 0.15) is 17.3 Å². The molecule has 1 aromatic heterocycles. The first-order valence-electron chi connectivity index (χ1n) is 7.65. The highest BCUT2D eigenvalue weighted by Crippen LogP contribution is 2.31. The second-order valence-corrected chi connectivity index (χ2v) is 5.87. The van der Waals surface area contributed by atoms with E-state index in [4.69, 9.17) is 5.11 Å². The maximum absolute atomic E-state index is 12.2. The van der Waals surface area contributed by atoms with Crippen LogP contribution in [0.3, 0.4) is 0 Å². The summed E-state index contributed by atoms with van der Waals surface area (Å²) in [6.07, 6.45) is 1.15. The molecule has 26 heavy (non-hydrogen) atoms. The monoisotopic (exact) mass is 424 g/mol. The number of benzene rings is 1. The van der Waals surface area contributed by atoms with Crippen molar-refractivity contribution in [3.8, 4) is 0 Å². The number of nitrogens with zero attached hydrogens (tertiary/aromatic N) is 4. The normalized spacial score (nSPS) is 10.3. The first-order valence-corrected chi connectivity index (χ1v) is 8.45. The molecule has 1 aromatic carbocycles. The highest BCUT2D eigenvalue weighted by molar-refractivity contribution is 9.10. The quantitative estimate of drug-likeness (QED) is 0.430. The predicted molar refractivity (Wildman–Crippen MR) is 98.9 cm³/mol. The molecule has 0 unspecified atom stereocenters. The average molecular weight is 425 g/mol. The van der Waals surface area contributed by atoms with Gasteiger partial charge in [-0.25, -0.2) is 9.97 Å². The molecule has 1 amide bonds. The Balaban J connectivity index is 2.28. The van der Waals surface area contributed by atoms with Crippen molar-refractivity contribution in [2.24, 2.45) is 0 Å². The zero-order chi connectivity index (χ0) is 19.1. The number of nitro groups is 1. The van der Waals surface area contributed by atoms with Crippen LogP contribution in [-0.2, 0) is 0 Å². The fourth-order valence-corrected chi connectivity index (χ4v) is 2.69. The van der Waals surface area contributed by atoms with Crippen LogP contribution in [0, 0.1) is 10.1 Å². The molecule has 1 heterocycles. The maximum atomic E-state index is 12.2. The van der Waals surface area contributed by atoms with E-state index < -0.39 is 16.5 Å². The summed E-state index contributed by atoms with van der Waals surface area (Å²) < 4.78 is 0.581. The number of nitrogens with one attached hydrogen (secondary N) is 2. The molecular formula is C15H17BrN6O4. The molecule has 11 heteroatoms. The van der Waals surface area contributed by atoms with E-state index in [0.717, 1.165) is 6.33 Å². The van der Waals surface area contributed by atoms with Crippen molar-refractivity contribution >= 4 is 39.2 Å². The second-order valence-electron chi connectivity index (χ2n) is 5.01. The van der Waals surface area contributed by atoms with Gasteiger partial charge in [0.25, 0.3) is 5.91 Å². The Bertz CT molecular complexity index is 803. The van der Waals surface area contributed by atoms with E-state index in [1.807, 2.05) is 0 Å². The molecule has 0 fully saturated rings. The van der Waals surface area contributed by atoms with Crippen molar-refractivity contribution in [2.75, 3.05) is 30.0 Å². The lowest BCUT2D eigenvalue weighted by Crippen LogP contribution is -2.32. The van der Waals surface area contributed by atoms with Crippen molar-refractivity contribution in [1.29, 1.82) is 0 Å². The fraction of sp³-hybridized carbons (Fsp3) is 0.267. The van der Waals surface area contributed by atoms with Gasteiger partial charge in [-0.2, -0.15) is 0 Å². The summed E-state index contributed by atoms with van der Waals surface area (Å²) in [6, 6.07) is 6.75. The zero-order valence-electron chi connectivity index (χ0n) is 13.8. The Kier molecular flexibility index (Phi) is 6.81. The molecule has 0 saturated carbocycles. The first kappa shape index (κ1) is 19.5. The third kappa shape index (κ3) is 4.43. The van der Waals surface area contributed by atoms with Crippen LogP contribution in [-0.4, -0.2) is 45.6 Å². The lowest BCUT2D eigenvalue weighted by atomic mass is 10.2. The second kappa shape index (κ2) is 9.06. The van der Waals surface area contributed by atoms with Gasteiger partial charge in [0.15, 0.2) is 0 Å². The summed E-state index contributed by atoms with van der Waals surface area (Å²) in [6.45, 7) is 2.18. The van der Waals surface area contributed by atoms with E-state index in [1.54, 1.807) is 36.1 Å². The lowest BCUT2D eigenvalue weighted by Gasteiger charge is -2.21. The third-order valence-corrected chi connectivity index (χ3v) is 4.14. The minimum atomic E-state index is -0.637. The summed E-state index contributed by atoms with van der Waals surface area (Å²) in [5, 5.41) is 20.6. The van der Waals surface area contributed by atoms with Gasteiger partial charge in [0.2, 0.25) is 11.6 Å². The SMILES string of the molecule is CCN(CCO)c1ncnc(NNC(=O)c2ccccc2Br)c1[N+](=O)[O-]. The highest BCUT2D eigenvalue weighted by Gasteiger charge is 2.26. The third-order valence-electron chi connectivity index (χ3n) is 3.45. The summed E-state index contributed by atoms with van der Waals surface area (Å²) in [5.41, 5.74) is 4.83. The van der Waals surface area contributed by atoms with Crippen LogP contribution in [0.2, 0.25) is 0 Å². The van der Waals surface area contributed by atoms with Crippen LogP contribution in [0.4, 0.5) is 17.3 Å². The zero-order valence-corrected chi connectivity index (χ0v) is 15.4. The standard InChI is InChI=1S/C15H17BrN6O4/c1-2-21(7-8-23)14-12(22(25)26)13(17-9-18-14)19-20-15(24)10-5-3-4-6-11(10)16/h3-6,9,23H,2,7-8H2,1H3,(H,20,24)(H,17,18,19). The minimum Gasteiger partial charge on any atom is -0.395 e. The number of hydrazine groups is 1. The van der Waals surface area contributed by atoms with Crippen LogP contribution in [0.5, 0.6) is 0 Å². The van der Waals surface area contributed by atoms with E-state index in [9.17, 15) is 14.9 Å². The minimum absolute atomic E-state index is 0.0548. The number of aliphatic hydroxyl groups excluding tert-OH is 1. The number of aliphatic hydroxyl groups is 1. The van der Waals surface area contributed by atoms with Crippen LogP contribution in [0.25, 0.3) is 0 Å². The number of likely N-dealkylation sites (N-methyl/N-ethyl adjacent to an activating group) is 1.